The molecule has 58 heavy (non-hydrogen) atoms. The maximum atomic E-state index is 11.2. The van der Waals surface area contributed by atoms with Gasteiger partial charge in [0.2, 0.25) is 0 Å². The largest absolute Gasteiger partial charge is 0.483 e. The number of fused-ring (bicyclic) bond motifs is 3. The number of rotatable bonds is 6. The molecule has 294 valence electrons. The van der Waals surface area contributed by atoms with Gasteiger partial charge in [0.05, 0.1) is 11.1 Å². The van der Waals surface area contributed by atoms with Crippen LogP contribution in [-0.2, 0) is 10.8 Å². The summed E-state index contributed by atoms with van der Waals surface area (Å²) in [4.78, 5) is 22.1. The van der Waals surface area contributed by atoms with Crippen LogP contribution < -0.4 is 4.74 Å². The van der Waals surface area contributed by atoms with Crippen molar-refractivity contribution >= 4 is 39.9 Å². The monoisotopic (exact) mass is 768 g/mol. The molecular formula is C53H52O5. The van der Waals surface area contributed by atoms with Crippen molar-refractivity contribution in [2.24, 2.45) is 0 Å². The number of hydrogen-bond acceptors (Lipinski definition) is 3. The number of ether oxygens (including phenoxy) is 1. The Morgan fingerprint density at radius 2 is 1.14 bits per heavy atom. The molecule has 1 aliphatic heterocycles. The highest BCUT2D eigenvalue weighted by molar-refractivity contribution is 5.96. The molecule has 2 N–H and O–H groups in total. The first-order chi connectivity index (χ1) is 27.4. The van der Waals surface area contributed by atoms with E-state index >= 15 is 0 Å². The first-order valence-corrected chi connectivity index (χ1v) is 20.0. The highest BCUT2D eigenvalue weighted by Gasteiger charge is 2.37. The summed E-state index contributed by atoms with van der Waals surface area (Å²) in [5, 5.41) is 20.4. The lowest BCUT2D eigenvalue weighted by molar-refractivity contribution is 0.0686. The molecule has 0 spiro atoms. The maximum absolute atomic E-state index is 11.2. The molecule has 0 amide bonds. The van der Waals surface area contributed by atoms with Crippen molar-refractivity contribution in [3.8, 4) is 16.9 Å². The second-order valence-electron chi connectivity index (χ2n) is 17.7. The molecule has 0 unspecified atom stereocenters. The maximum Gasteiger partial charge on any atom is 0.335 e. The number of carbonyl (C=O) groups is 2. The van der Waals surface area contributed by atoms with E-state index in [0.717, 1.165) is 38.8 Å². The van der Waals surface area contributed by atoms with Crippen LogP contribution in [0.2, 0.25) is 0 Å². The SMILES string of the molecule is C/C(=C\c1ccc(C(=O)O)cc1)c1ccc2c(c1)C(C)(C)CCC2(C)C.Cc1ccc(C2=CC(C)(C)Oc3cc4ccc(-c5ccc(C(=O)O)cc5)cc4cc32)cc1. The topological polar surface area (TPSA) is 83.8 Å². The lowest BCUT2D eigenvalue weighted by Gasteiger charge is -2.42. The molecule has 1 heterocycles. The highest BCUT2D eigenvalue weighted by Crippen LogP contribution is 2.47. The standard InChI is InChI=1S/C29H24O3.C24H28O2/c1-18-4-6-20(7-5-18)26-17-29(2,3)32-27-16-23-13-12-22(14-24(23)15-25(26)27)19-8-10-21(11-9-19)28(30)31;1-16(14-17-6-8-18(9-7-17)22(25)26)19-10-11-20-21(15-19)24(4,5)13-12-23(20,2)3/h4-17H,1-3H3,(H,30,31);6-11,14-15H,12-13H2,1-5H3,(H,25,26)/b;16-14+. The Balaban J connectivity index is 0.000000181. The van der Waals surface area contributed by atoms with Gasteiger partial charge in [-0.1, -0.05) is 118 Å². The fourth-order valence-electron chi connectivity index (χ4n) is 8.16. The lowest BCUT2D eigenvalue weighted by atomic mass is 9.63. The fourth-order valence-corrected chi connectivity index (χ4v) is 8.16. The van der Waals surface area contributed by atoms with Crippen molar-refractivity contribution in [1.29, 1.82) is 0 Å². The van der Waals surface area contributed by atoms with Gasteiger partial charge in [0.1, 0.15) is 11.4 Å². The average Bonchev–Trinajstić information content (AvgIpc) is 3.19. The van der Waals surface area contributed by atoms with Gasteiger partial charge in [-0.05, 0) is 161 Å². The molecule has 5 heteroatoms. The van der Waals surface area contributed by atoms with Gasteiger partial charge in [-0.25, -0.2) is 9.59 Å². The van der Waals surface area contributed by atoms with E-state index in [-0.39, 0.29) is 16.4 Å². The van der Waals surface area contributed by atoms with Crippen molar-refractivity contribution in [2.75, 3.05) is 0 Å². The molecule has 0 aromatic heterocycles. The van der Waals surface area contributed by atoms with Gasteiger partial charge in [0.15, 0.2) is 0 Å². The van der Waals surface area contributed by atoms with Gasteiger partial charge < -0.3 is 14.9 Å². The normalized spacial score (nSPS) is 16.1. The molecule has 0 saturated heterocycles. The zero-order chi connectivity index (χ0) is 41.6. The van der Waals surface area contributed by atoms with E-state index in [1.54, 1.807) is 24.3 Å². The number of aromatic carboxylic acids is 2. The molecule has 2 aliphatic rings. The van der Waals surface area contributed by atoms with Crippen LogP contribution in [0.5, 0.6) is 5.75 Å². The minimum atomic E-state index is -0.917. The van der Waals surface area contributed by atoms with Crippen molar-refractivity contribution in [3.05, 3.63) is 177 Å². The van der Waals surface area contributed by atoms with Crippen LogP contribution in [-0.4, -0.2) is 27.8 Å². The third kappa shape index (κ3) is 8.40. The number of benzene rings is 6. The molecule has 5 nitrogen and oxygen atoms in total. The van der Waals surface area contributed by atoms with Crippen LogP contribution in [0.25, 0.3) is 39.1 Å². The summed E-state index contributed by atoms with van der Waals surface area (Å²) in [6, 6.07) is 40.1. The van der Waals surface area contributed by atoms with Crippen molar-refractivity contribution in [3.63, 3.8) is 0 Å². The summed E-state index contributed by atoms with van der Waals surface area (Å²) >= 11 is 0. The van der Waals surface area contributed by atoms with E-state index in [1.165, 1.54) is 51.8 Å². The van der Waals surface area contributed by atoms with E-state index in [2.05, 4.69) is 140 Å². The third-order valence-corrected chi connectivity index (χ3v) is 11.8. The second-order valence-corrected chi connectivity index (χ2v) is 17.7. The molecule has 8 rings (SSSR count). The van der Waals surface area contributed by atoms with Crippen molar-refractivity contribution in [1.82, 2.24) is 0 Å². The minimum Gasteiger partial charge on any atom is -0.483 e. The number of allylic oxidation sites excluding steroid dienone is 1. The summed E-state index contributed by atoms with van der Waals surface area (Å²) in [6.45, 7) is 17.7. The molecule has 0 atom stereocenters. The molecule has 6 aromatic carbocycles. The van der Waals surface area contributed by atoms with Crippen LogP contribution in [0.3, 0.4) is 0 Å². The van der Waals surface area contributed by atoms with E-state index < -0.39 is 17.5 Å². The minimum absolute atomic E-state index is 0.199. The number of carboxylic acids is 2. The smallest absolute Gasteiger partial charge is 0.335 e. The Labute approximate surface area is 342 Å². The van der Waals surface area contributed by atoms with Crippen LogP contribution in [0.15, 0.2) is 127 Å². The quantitative estimate of drug-likeness (QED) is 0.165. The van der Waals surface area contributed by atoms with Crippen molar-refractivity contribution in [2.45, 2.75) is 84.7 Å². The van der Waals surface area contributed by atoms with Crippen LogP contribution in [0, 0.1) is 6.92 Å². The third-order valence-electron chi connectivity index (χ3n) is 11.8. The van der Waals surface area contributed by atoms with Crippen molar-refractivity contribution < 1.29 is 24.5 Å². The Morgan fingerprint density at radius 3 is 1.76 bits per heavy atom. The summed E-state index contributed by atoms with van der Waals surface area (Å²) in [5.41, 5.74) is 13.7. The zero-order valence-electron chi connectivity index (χ0n) is 34.7. The first-order valence-electron chi connectivity index (χ1n) is 20.0. The highest BCUT2D eigenvalue weighted by atomic mass is 16.5. The van der Waals surface area contributed by atoms with E-state index in [9.17, 15) is 9.59 Å². The molecule has 6 aromatic rings. The van der Waals surface area contributed by atoms with Gasteiger partial charge in [-0.3, -0.25) is 0 Å². The van der Waals surface area contributed by atoms with Crippen LogP contribution >= 0.6 is 0 Å². The summed E-state index contributed by atoms with van der Waals surface area (Å²) in [6.07, 6.45) is 6.74. The number of carboxylic acid groups (broad SMARTS) is 2. The van der Waals surface area contributed by atoms with Gasteiger partial charge in [-0.2, -0.15) is 0 Å². The zero-order valence-corrected chi connectivity index (χ0v) is 34.7. The number of aryl methyl sites for hydroxylation is 1. The average molecular weight is 769 g/mol. The Bertz CT molecular complexity index is 2600. The van der Waals surface area contributed by atoms with Crippen LogP contribution in [0.1, 0.15) is 121 Å². The molecular weight excluding hydrogens is 717 g/mol. The molecule has 0 saturated carbocycles. The van der Waals surface area contributed by atoms with E-state index in [0.29, 0.717) is 5.56 Å². The summed E-state index contributed by atoms with van der Waals surface area (Å²) < 4.78 is 6.32. The Kier molecular flexibility index (Phi) is 10.5. The second kappa shape index (κ2) is 15.3. The molecule has 0 fully saturated rings. The van der Waals surface area contributed by atoms with E-state index in [4.69, 9.17) is 14.9 Å². The number of hydrogen-bond donors (Lipinski definition) is 2. The van der Waals surface area contributed by atoms with Crippen LogP contribution in [0.4, 0.5) is 0 Å². The van der Waals surface area contributed by atoms with Gasteiger partial charge in [0.25, 0.3) is 0 Å². The summed E-state index contributed by atoms with van der Waals surface area (Å²) in [5.74, 6) is -0.920. The van der Waals surface area contributed by atoms with E-state index in [1.807, 2.05) is 24.3 Å². The molecule has 0 bridgehead atoms. The predicted molar refractivity (Wildman–Crippen MR) is 238 cm³/mol. The predicted octanol–water partition coefficient (Wildman–Crippen LogP) is 13.4. The Hall–Kier alpha value is -6.20. The first kappa shape index (κ1) is 40.0. The molecule has 0 radical (unpaired) electrons. The Morgan fingerprint density at radius 1 is 0.586 bits per heavy atom. The van der Waals surface area contributed by atoms with Gasteiger partial charge in [0, 0.05) is 5.56 Å². The van der Waals surface area contributed by atoms with Gasteiger partial charge >= 0.3 is 11.9 Å². The fraction of sp³-hybridized carbons (Fsp3) is 0.245. The lowest BCUT2D eigenvalue weighted by Crippen LogP contribution is -2.33. The molecule has 1 aliphatic carbocycles. The van der Waals surface area contributed by atoms with Gasteiger partial charge in [-0.15, -0.1) is 0 Å². The summed E-state index contributed by atoms with van der Waals surface area (Å²) in [7, 11) is 0.